The summed E-state index contributed by atoms with van der Waals surface area (Å²) < 4.78 is 0. The van der Waals surface area contributed by atoms with E-state index in [4.69, 9.17) is 22.3 Å². The molecule has 0 amide bonds. The maximum atomic E-state index is 7.34. The molecule has 0 saturated heterocycles. The average Bonchev–Trinajstić information content (AvgIpc) is 2.52. The number of rotatable bonds is 7. The van der Waals surface area contributed by atoms with Crippen molar-refractivity contribution in [1.82, 2.24) is 0 Å². The van der Waals surface area contributed by atoms with Crippen molar-refractivity contribution in [1.29, 1.82) is 10.8 Å². The van der Waals surface area contributed by atoms with Gasteiger partial charge in [0.25, 0.3) is 0 Å². The molecule has 0 aromatic heterocycles. The van der Waals surface area contributed by atoms with Gasteiger partial charge >= 0.3 is 0 Å². The molecule has 0 aliphatic carbocycles. The molecule has 0 bridgehead atoms. The van der Waals surface area contributed by atoms with Crippen LogP contribution in [0.5, 0.6) is 0 Å². The van der Waals surface area contributed by atoms with Crippen LogP contribution in [-0.4, -0.2) is 24.8 Å². The number of nitrogens with two attached hydrogens (primary N) is 2. The summed E-state index contributed by atoms with van der Waals surface area (Å²) in [7, 11) is 0. The Morgan fingerprint density at radius 3 is 1.27 bits per heavy atom. The van der Waals surface area contributed by atoms with E-state index < -0.39 is 0 Å². The van der Waals surface area contributed by atoms with E-state index in [0.29, 0.717) is 11.1 Å². The van der Waals surface area contributed by atoms with Crippen molar-refractivity contribution in [2.75, 3.05) is 23.7 Å². The van der Waals surface area contributed by atoms with E-state index in [9.17, 15) is 0 Å². The van der Waals surface area contributed by atoms with Crippen LogP contribution in [0.4, 0.5) is 11.4 Å². The molecule has 2 rings (SSSR count). The number of hydrogen-bond acceptors (Lipinski definition) is 4. The van der Waals surface area contributed by atoms with E-state index in [2.05, 4.69) is 10.6 Å². The molecule has 0 unspecified atom stereocenters. The van der Waals surface area contributed by atoms with Gasteiger partial charge < -0.3 is 22.1 Å². The molecular formula is C16H20N6. The Labute approximate surface area is 129 Å². The normalized spacial score (nSPS) is 10.0. The lowest BCUT2D eigenvalue weighted by molar-refractivity contribution is 1.08. The zero-order valence-electron chi connectivity index (χ0n) is 12.2. The highest BCUT2D eigenvalue weighted by Gasteiger charge is 1.98. The van der Waals surface area contributed by atoms with Crippen LogP contribution >= 0.6 is 0 Å². The molecule has 0 spiro atoms. The first-order valence-electron chi connectivity index (χ1n) is 6.93. The van der Waals surface area contributed by atoms with Crippen LogP contribution in [0.1, 0.15) is 11.1 Å². The Morgan fingerprint density at radius 1 is 0.682 bits per heavy atom. The molecule has 6 nitrogen and oxygen atoms in total. The van der Waals surface area contributed by atoms with E-state index >= 15 is 0 Å². The molecule has 2 aromatic rings. The average molecular weight is 296 g/mol. The van der Waals surface area contributed by atoms with Gasteiger partial charge in [-0.25, -0.2) is 0 Å². The van der Waals surface area contributed by atoms with Gasteiger partial charge in [-0.15, -0.1) is 0 Å². The highest BCUT2D eigenvalue weighted by Crippen LogP contribution is 2.10. The number of amidine groups is 2. The van der Waals surface area contributed by atoms with Gasteiger partial charge in [0.1, 0.15) is 11.7 Å². The van der Waals surface area contributed by atoms with Gasteiger partial charge in [0.05, 0.1) is 0 Å². The van der Waals surface area contributed by atoms with E-state index in [1.807, 2.05) is 48.5 Å². The van der Waals surface area contributed by atoms with Crippen molar-refractivity contribution in [2.45, 2.75) is 0 Å². The van der Waals surface area contributed by atoms with Crippen molar-refractivity contribution in [2.24, 2.45) is 11.5 Å². The molecule has 0 aliphatic heterocycles. The summed E-state index contributed by atoms with van der Waals surface area (Å²) in [5, 5.41) is 21.2. The number of nitrogen functional groups attached to an aromatic ring is 2. The smallest absolute Gasteiger partial charge is 0.122 e. The Kier molecular flexibility index (Phi) is 4.98. The topological polar surface area (TPSA) is 124 Å². The van der Waals surface area contributed by atoms with E-state index in [0.717, 1.165) is 24.5 Å². The van der Waals surface area contributed by atoms with Crippen molar-refractivity contribution < 1.29 is 0 Å². The third kappa shape index (κ3) is 4.24. The summed E-state index contributed by atoms with van der Waals surface area (Å²) in [4.78, 5) is 0. The van der Waals surface area contributed by atoms with Crippen LogP contribution < -0.4 is 22.1 Å². The first kappa shape index (κ1) is 15.4. The first-order valence-corrected chi connectivity index (χ1v) is 6.93. The van der Waals surface area contributed by atoms with Gasteiger partial charge in [-0.05, 0) is 48.5 Å². The predicted molar refractivity (Wildman–Crippen MR) is 91.9 cm³/mol. The lowest BCUT2D eigenvalue weighted by atomic mass is 10.2. The van der Waals surface area contributed by atoms with Crippen molar-refractivity contribution in [3.05, 3.63) is 59.7 Å². The highest BCUT2D eigenvalue weighted by molar-refractivity contribution is 5.95. The zero-order valence-corrected chi connectivity index (χ0v) is 12.2. The number of nitrogens with one attached hydrogen (secondary N) is 4. The summed E-state index contributed by atoms with van der Waals surface area (Å²) in [6.45, 7) is 1.52. The second-order valence-corrected chi connectivity index (χ2v) is 4.84. The monoisotopic (exact) mass is 296 g/mol. The zero-order chi connectivity index (χ0) is 15.9. The largest absolute Gasteiger partial charge is 0.384 e. The molecule has 0 atom stereocenters. The molecular weight excluding hydrogens is 276 g/mol. The Balaban J connectivity index is 1.77. The van der Waals surface area contributed by atoms with Crippen molar-refractivity contribution in [3.63, 3.8) is 0 Å². The van der Waals surface area contributed by atoms with Crippen LogP contribution in [0.3, 0.4) is 0 Å². The number of anilines is 2. The lowest BCUT2D eigenvalue weighted by Crippen LogP contribution is -2.15. The van der Waals surface area contributed by atoms with Gasteiger partial charge in [-0.2, -0.15) is 0 Å². The standard InChI is InChI=1S/C16H20N6/c17-15(18)11-1-5-13(6-2-11)21-9-10-22-14-7-3-12(4-8-14)16(19)20/h1-8,21-22H,9-10H2,(H3,17,18)(H3,19,20). The third-order valence-corrected chi connectivity index (χ3v) is 3.18. The second kappa shape index (κ2) is 7.12. The van der Waals surface area contributed by atoms with Gasteiger partial charge in [-0.3, -0.25) is 10.8 Å². The van der Waals surface area contributed by atoms with Crippen LogP contribution in [0.25, 0.3) is 0 Å². The minimum Gasteiger partial charge on any atom is -0.384 e. The minimum absolute atomic E-state index is 0.0715. The minimum atomic E-state index is 0.0715. The van der Waals surface area contributed by atoms with Crippen molar-refractivity contribution >= 4 is 23.0 Å². The highest BCUT2D eigenvalue weighted by atomic mass is 14.9. The van der Waals surface area contributed by atoms with E-state index in [-0.39, 0.29) is 11.7 Å². The van der Waals surface area contributed by atoms with Gasteiger partial charge in [-0.1, -0.05) is 0 Å². The third-order valence-electron chi connectivity index (χ3n) is 3.18. The maximum Gasteiger partial charge on any atom is 0.122 e. The summed E-state index contributed by atoms with van der Waals surface area (Å²) >= 11 is 0. The Morgan fingerprint density at radius 2 is 1.00 bits per heavy atom. The molecule has 114 valence electrons. The van der Waals surface area contributed by atoms with Crippen LogP contribution in [0, 0.1) is 10.8 Å². The quantitative estimate of drug-likeness (QED) is 0.265. The lowest BCUT2D eigenvalue weighted by Gasteiger charge is -2.10. The summed E-state index contributed by atoms with van der Waals surface area (Å²) in [5.74, 6) is 0.143. The summed E-state index contributed by atoms with van der Waals surface area (Å²) in [6.07, 6.45) is 0. The van der Waals surface area contributed by atoms with Crippen LogP contribution in [-0.2, 0) is 0 Å². The van der Waals surface area contributed by atoms with E-state index in [1.165, 1.54) is 0 Å². The number of hydrogen-bond donors (Lipinski definition) is 6. The molecule has 2 aromatic carbocycles. The number of benzene rings is 2. The molecule has 22 heavy (non-hydrogen) atoms. The molecule has 0 fully saturated rings. The predicted octanol–water partition coefficient (Wildman–Crippen LogP) is 1.78. The Hall–Kier alpha value is -3.02. The maximum absolute atomic E-state index is 7.34. The van der Waals surface area contributed by atoms with Crippen LogP contribution in [0.2, 0.25) is 0 Å². The molecule has 0 aliphatic rings. The van der Waals surface area contributed by atoms with Crippen molar-refractivity contribution in [3.8, 4) is 0 Å². The second-order valence-electron chi connectivity index (χ2n) is 4.84. The van der Waals surface area contributed by atoms with Gasteiger partial charge in [0.2, 0.25) is 0 Å². The fourth-order valence-corrected chi connectivity index (χ4v) is 1.95. The fourth-order valence-electron chi connectivity index (χ4n) is 1.95. The molecule has 6 heteroatoms. The summed E-state index contributed by atoms with van der Waals surface area (Å²) in [6, 6.07) is 14.9. The molecule has 0 saturated carbocycles. The van der Waals surface area contributed by atoms with Gasteiger partial charge in [0, 0.05) is 35.6 Å². The molecule has 0 heterocycles. The Bertz CT molecular complexity index is 586. The van der Waals surface area contributed by atoms with Gasteiger partial charge in [0.15, 0.2) is 0 Å². The summed E-state index contributed by atoms with van der Waals surface area (Å²) in [5.41, 5.74) is 14.2. The molecule has 0 radical (unpaired) electrons. The fraction of sp³-hybridized carbons (Fsp3) is 0.125. The first-order chi connectivity index (χ1) is 10.6. The SMILES string of the molecule is N=C(N)c1ccc(NCCNc2ccc(C(=N)N)cc2)cc1. The van der Waals surface area contributed by atoms with Crippen LogP contribution in [0.15, 0.2) is 48.5 Å². The molecule has 8 N–H and O–H groups in total. The van der Waals surface area contributed by atoms with E-state index in [1.54, 1.807) is 0 Å².